The monoisotopic (exact) mass is 193 g/mol. The number of halogens is 1. The first kappa shape index (κ1) is 8.24. The molecule has 0 saturated carbocycles. The maximum Gasteiger partial charge on any atom is 0.0950 e. The summed E-state index contributed by atoms with van der Waals surface area (Å²) in [6.07, 6.45) is 0. The van der Waals surface area contributed by atoms with Crippen molar-refractivity contribution in [3.05, 3.63) is 16.5 Å². The van der Waals surface area contributed by atoms with E-state index in [0.717, 1.165) is 15.2 Å². The van der Waals surface area contributed by atoms with Gasteiger partial charge in [-0.3, -0.25) is 0 Å². The molecule has 0 aliphatic heterocycles. The Hall–Kier alpha value is 0.140. The molecule has 1 nitrogen and oxygen atoms in total. The van der Waals surface area contributed by atoms with Gasteiger partial charge in [0.2, 0.25) is 0 Å². The average Bonchev–Trinajstić information content (AvgIpc) is 2.34. The van der Waals surface area contributed by atoms with Crippen LogP contribution in [0.4, 0.5) is 5.00 Å². The van der Waals surface area contributed by atoms with Crippen LogP contribution in [0.1, 0.15) is 0 Å². The van der Waals surface area contributed by atoms with Crippen molar-refractivity contribution in [2.24, 2.45) is 0 Å². The van der Waals surface area contributed by atoms with Crippen LogP contribution in [0.25, 0.3) is 0 Å². The summed E-state index contributed by atoms with van der Waals surface area (Å²) >= 11 is 11.4. The Balaban J connectivity index is 2.74. The minimum absolute atomic E-state index is 0.719. The van der Waals surface area contributed by atoms with Crippen LogP contribution in [0.15, 0.2) is 12.1 Å². The highest BCUT2D eigenvalue weighted by Gasteiger charge is 2.00. The predicted octanol–water partition coefficient (Wildman–Crippen LogP) is 2.73. The third kappa shape index (κ3) is 1.81. The molecule has 0 unspecified atom stereocenters. The number of hydrogen-bond acceptors (Lipinski definition) is 3. The summed E-state index contributed by atoms with van der Waals surface area (Å²) < 4.78 is 0.823. The van der Waals surface area contributed by atoms with E-state index in [1.165, 1.54) is 0 Å². The highest BCUT2D eigenvalue weighted by Crippen LogP contribution is 2.28. The van der Waals surface area contributed by atoms with Gasteiger partial charge >= 0.3 is 0 Å². The fraction of sp³-hybridized carbons (Fsp3) is 0.333. The highest BCUT2D eigenvalue weighted by atomic mass is 35.5. The fourth-order valence-electron chi connectivity index (χ4n) is 0.580. The molecule has 56 valence electrons. The van der Waals surface area contributed by atoms with E-state index in [2.05, 4.69) is 12.6 Å². The summed E-state index contributed by atoms with van der Waals surface area (Å²) in [6, 6.07) is 3.88. The van der Waals surface area contributed by atoms with Crippen molar-refractivity contribution in [3.63, 3.8) is 0 Å². The second-order valence-corrected chi connectivity index (χ2v) is 3.89. The summed E-state index contributed by atoms with van der Waals surface area (Å²) in [6.45, 7) is 0. The summed E-state index contributed by atoms with van der Waals surface area (Å²) in [5.74, 6) is 0.719. The van der Waals surface area contributed by atoms with Crippen LogP contribution in [-0.2, 0) is 0 Å². The number of hydrogen-bond donors (Lipinski definition) is 1. The van der Waals surface area contributed by atoms with Crippen molar-refractivity contribution in [2.75, 3.05) is 17.8 Å². The lowest BCUT2D eigenvalue weighted by Gasteiger charge is -2.11. The van der Waals surface area contributed by atoms with Crippen molar-refractivity contribution in [3.8, 4) is 0 Å². The number of thiophene rings is 1. The molecule has 10 heavy (non-hydrogen) atoms. The van der Waals surface area contributed by atoms with E-state index in [0.29, 0.717) is 0 Å². The van der Waals surface area contributed by atoms with Gasteiger partial charge in [0, 0.05) is 7.05 Å². The van der Waals surface area contributed by atoms with Gasteiger partial charge in [0.25, 0.3) is 0 Å². The normalized spacial score (nSPS) is 9.90. The van der Waals surface area contributed by atoms with E-state index in [1.807, 2.05) is 24.1 Å². The van der Waals surface area contributed by atoms with Crippen molar-refractivity contribution in [1.29, 1.82) is 0 Å². The molecule has 0 aliphatic rings. The van der Waals surface area contributed by atoms with Gasteiger partial charge in [-0.05, 0) is 12.1 Å². The largest absolute Gasteiger partial charge is 0.357 e. The van der Waals surface area contributed by atoms with Gasteiger partial charge in [-0.2, -0.15) is 12.6 Å². The molecule has 0 saturated heterocycles. The van der Waals surface area contributed by atoms with Gasteiger partial charge < -0.3 is 4.90 Å². The number of nitrogens with zero attached hydrogens (tertiary/aromatic N) is 1. The molecule has 0 aromatic carbocycles. The van der Waals surface area contributed by atoms with E-state index in [4.69, 9.17) is 11.6 Å². The molecular weight excluding hydrogens is 186 g/mol. The van der Waals surface area contributed by atoms with E-state index < -0.39 is 0 Å². The third-order valence-electron chi connectivity index (χ3n) is 1.15. The Morgan fingerprint density at radius 3 is 2.80 bits per heavy atom. The van der Waals surface area contributed by atoms with Gasteiger partial charge in [-0.25, -0.2) is 0 Å². The molecule has 0 fully saturated rings. The highest BCUT2D eigenvalue weighted by molar-refractivity contribution is 7.80. The zero-order chi connectivity index (χ0) is 7.56. The quantitative estimate of drug-likeness (QED) is 0.559. The molecule has 0 aliphatic carbocycles. The van der Waals surface area contributed by atoms with Gasteiger partial charge in [0.05, 0.1) is 15.2 Å². The summed E-state index contributed by atoms with van der Waals surface area (Å²) in [7, 11) is 1.98. The molecule has 1 heterocycles. The number of thiol groups is 1. The lowest BCUT2D eigenvalue weighted by atomic mass is 10.6. The lowest BCUT2D eigenvalue weighted by Crippen LogP contribution is -2.12. The molecule has 0 amide bonds. The second kappa shape index (κ2) is 3.51. The minimum atomic E-state index is 0.719. The molecule has 0 atom stereocenters. The zero-order valence-electron chi connectivity index (χ0n) is 5.54. The predicted molar refractivity (Wildman–Crippen MR) is 51.6 cm³/mol. The first-order chi connectivity index (χ1) is 4.74. The molecule has 4 heteroatoms. The second-order valence-electron chi connectivity index (χ2n) is 1.92. The van der Waals surface area contributed by atoms with Gasteiger partial charge in [0.1, 0.15) is 0 Å². The molecule has 1 aromatic heterocycles. The van der Waals surface area contributed by atoms with Crippen LogP contribution in [0.2, 0.25) is 4.34 Å². The van der Waals surface area contributed by atoms with Crippen LogP contribution in [0, 0.1) is 0 Å². The Morgan fingerprint density at radius 1 is 1.70 bits per heavy atom. The molecule has 1 rings (SSSR count). The standard InChI is InChI=1S/C6H8ClNS2/c1-8(4-9)6-3-2-5(7)10-6/h2-3,9H,4H2,1H3. The Bertz CT molecular complexity index is 211. The molecular formula is C6H8ClNS2. The SMILES string of the molecule is CN(CS)c1ccc(Cl)s1. The fourth-order valence-corrected chi connectivity index (χ4v) is 1.82. The molecule has 0 N–H and O–H groups in total. The maximum absolute atomic E-state index is 5.73. The van der Waals surface area contributed by atoms with Crippen LogP contribution >= 0.6 is 35.6 Å². The number of anilines is 1. The summed E-state index contributed by atoms with van der Waals surface area (Å²) in [5.41, 5.74) is 0. The first-order valence-electron chi connectivity index (χ1n) is 2.81. The topological polar surface area (TPSA) is 3.24 Å². The van der Waals surface area contributed by atoms with Crippen LogP contribution in [0.3, 0.4) is 0 Å². The van der Waals surface area contributed by atoms with Gasteiger partial charge in [-0.1, -0.05) is 11.6 Å². The van der Waals surface area contributed by atoms with Crippen molar-refractivity contribution < 1.29 is 0 Å². The van der Waals surface area contributed by atoms with Crippen LogP contribution in [-0.4, -0.2) is 12.9 Å². The van der Waals surface area contributed by atoms with Gasteiger partial charge in [0.15, 0.2) is 0 Å². The molecule has 0 bridgehead atoms. The lowest BCUT2D eigenvalue weighted by molar-refractivity contribution is 1.12. The van der Waals surface area contributed by atoms with Crippen molar-refractivity contribution in [1.82, 2.24) is 0 Å². The minimum Gasteiger partial charge on any atom is -0.357 e. The smallest absolute Gasteiger partial charge is 0.0950 e. The molecule has 0 radical (unpaired) electrons. The van der Waals surface area contributed by atoms with E-state index >= 15 is 0 Å². The zero-order valence-corrected chi connectivity index (χ0v) is 8.01. The third-order valence-corrected chi connectivity index (χ3v) is 2.92. The average molecular weight is 194 g/mol. The molecule has 1 aromatic rings. The van der Waals surface area contributed by atoms with Crippen molar-refractivity contribution in [2.45, 2.75) is 0 Å². The van der Waals surface area contributed by atoms with Gasteiger partial charge in [-0.15, -0.1) is 11.3 Å². The Kier molecular flexibility index (Phi) is 2.89. The van der Waals surface area contributed by atoms with Crippen LogP contribution < -0.4 is 4.90 Å². The molecule has 0 spiro atoms. The van der Waals surface area contributed by atoms with E-state index in [-0.39, 0.29) is 0 Å². The van der Waals surface area contributed by atoms with E-state index in [9.17, 15) is 0 Å². The van der Waals surface area contributed by atoms with Crippen LogP contribution in [0.5, 0.6) is 0 Å². The Morgan fingerprint density at radius 2 is 2.40 bits per heavy atom. The number of rotatable bonds is 2. The van der Waals surface area contributed by atoms with E-state index in [1.54, 1.807) is 11.3 Å². The Labute approximate surface area is 75.0 Å². The summed E-state index contributed by atoms with van der Waals surface area (Å²) in [4.78, 5) is 2.03. The summed E-state index contributed by atoms with van der Waals surface area (Å²) in [5, 5.41) is 1.15. The van der Waals surface area contributed by atoms with Crippen molar-refractivity contribution >= 4 is 40.6 Å². The first-order valence-corrected chi connectivity index (χ1v) is 4.64. The maximum atomic E-state index is 5.73.